The van der Waals surface area contributed by atoms with Crippen molar-refractivity contribution >= 4 is 17.3 Å². The van der Waals surface area contributed by atoms with Gasteiger partial charge in [-0.05, 0) is 49.7 Å². The maximum Gasteiger partial charge on any atom is 0.255 e. The van der Waals surface area contributed by atoms with E-state index in [0.717, 1.165) is 31.6 Å². The van der Waals surface area contributed by atoms with E-state index in [0.29, 0.717) is 17.0 Å². The molecule has 1 amide bonds. The largest absolute Gasteiger partial charge is 0.494 e. The number of anilines is 2. The number of nitrogens with one attached hydrogen (secondary N) is 1. The van der Waals surface area contributed by atoms with Gasteiger partial charge in [-0.1, -0.05) is 13.3 Å². The molecule has 0 spiro atoms. The van der Waals surface area contributed by atoms with Crippen LogP contribution in [0.25, 0.3) is 0 Å². The first-order valence-electron chi connectivity index (χ1n) is 8.59. The summed E-state index contributed by atoms with van der Waals surface area (Å²) in [5.74, 6) is -0.374. The minimum atomic E-state index is -0.411. The lowest BCUT2D eigenvalue weighted by molar-refractivity contribution is 0.102. The summed E-state index contributed by atoms with van der Waals surface area (Å²) in [6.07, 6.45) is 2.29. The third-order valence-corrected chi connectivity index (χ3v) is 4.07. The molecule has 2 aromatic carbocycles. The number of hydrogen-bond acceptors (Lipinski definition) is 3. The lowest BCUT2D eigenvalue weighted by atomic mass is 10.1. The van der Waals surface area contributed by atoms with Crippen LogP contribution in [0.1, 0.15) is 37.0 Å². The molecule has 0 aromatic heterocycles. The zero-order valence-electron chi connectivity index (χ0n) is 15.0. The average Bonchev–Trinajstić information content (AvgIpc) is 2.64. The van der Waals surface area contributed by atoms with E-state index in [1.165, 1.54) is 25.3 Å². The Kier molecular flexibility index (Phi) is 6.81. The molecule has 2 aromatic rings. The second-order valence-electron chi connectivity index (χ2n) is 5.78. The van der Waals surface area contributed by atoms with Crippen molar-refractivity contribution < 1.29 is 13.9 Å². The molecule has 0 aliphatic rings. The lowest BCUT2D eigenvalue weighted by Crippen LogP contribution is -2.23. The molecule has 0 bridgehead atoms. The van der Waals surface area contributed by atoms with Crippen LogP contribution in [0, 0.1) is 5.82 Å². The Morgan fingerprint density at radius 2 is 1.88 bits per heavy atom. The summed E-state index contributed by atoms with van der Waals surface area (Å²) in [6.45, 7) is 6.23. The molecule has 4 nitrogen and oxygen atoms in total. The van der Waals surface area contributed by atoms with Crippen LogP contribution in [-0.2, 0) is 0 Å². The fourth-order valence-electron chi connectivity index (χ4n) is 2.61. The molecule has 0 unspecified atom stereocenters. The molecule has 0 atom stereocenters. The number of halogens is 1. The molecule has 0 heterocycles. The van der Waals surface area contributed by atoms with Gasteiger partial charge in [0, 0.05) is 30.4 Å². The van der Waals surface area contributed by atoms with Crippen molar-refractivity contribution in [1.29, 1.82) is 0 Å². The molecule has 0 fully saturated rings. The number of carbonyl (C=O) groups is 1. The van der Waals surface area contributed by atoms with Crippen molar-refractivity contribution in [2.45, 2.75) is 26.7 Å². The summed E-state index contributed by atoms with van der Waals surface area (Å²) < 4.78 is 18.3. The average molecular weight is 344 g/mol. The van der Waals surface area contributed by atoms with Crippen LogP contribution in [0.15, 0.2) is 42.5 Å². The number of ether oxygens (including phenoxy) is 1. The van der Waals surface area contributed by atoms with Gasteiger partial charge < -0.3 is 15.0 Å². The standard InChI is InChI=1S/C20H25FN2O2/c1-4-6-13-23(5-2)17-10-7-15(8-11-17)20(24)22-18-12-9-16(21)14-19(18)25-3/h7-12,14H,4-6,13H2,1-3H3,(H,22,24). The van der Waals surface area contributed by atoms with Gasteiger partial charge in [0.25, 0.3) is 5.91 Å². The van der Waals surface area contributed by atoms with Crippen molar-refractivity contribution in [2.24, 2.45) is 0 Å². The summed E-state index contributed by atoms with van der Waals surface area (Å²) >= 11 is 0. The summed E-state index contributed by atoms with van der Waals surface area (Å²) in [7, 11) is 1.44. The third-order valence-electron chi connectivity index (χ3n) is 4.07. The maximum atomic E-state index is 13.2. The minimum Gasteiger partial charge on any atom is -0.494 e. The summed E-state index contributed by atoms with van der Waals surface area (Å²) in [6, 6.07) is 11.5. The predicted octanol–water partition coefficient (Wildman–Crippen LogP) is 4.71. The number of amides is 1. The number of rotatable bonds is 8. The normalized spacial score (nSPS) is 10.4. The quantitative estimate of drug-likeness (QED) is 0.754. The number of unbranched alkanes of at least 4 members (excludes halogenated alkanes) is 1. The van der Waals surface area contributed by atoms with Gasteiger partial charge in [-0.3, -0.25) is 4.79 Å². The molecule has 25 heavy (non-hydrogen) atoms. The minimum absolute atomic E-state index is 0.256. The molecular formula is C20H25FN2O2. The highest BCUT2D eigenvalue weighted by atomic mass is 19.1. The van der Waals surface area contributed by atoms with Gasteiger partial charge in [0.2, 0.25) is 0 Å². The van der Waals surface area contributed by atoms with Gasteiger partial charge in [-0.15, -0.1) is 0 Å². The second kappa shape index (κ2) is 9.06. The Bertz CT molecular complexity index is 701. The predicted molar refractivity (Wildman–Crippen MR) is 100 cm³/mol. The van der Waals surface area contributed by atoms with E-state index in [2.05, 4.69) is 24.1 Å². The first-order chi connectivity index (χ1) is 12.1. The van der Waals surface area contributed by atoms with Crippen LogP contribution in [-0.4, -0.2) is 26.1 Å². The van der Waals surface area contributed by atoms with Crippen LogP contribution in [0.3, 0.4) is 0 Å². The zero-order chi connectivity index (χ0) is 18.2. The SMILES string of the molecule is CCCCN(CC)c1ccc(C(=O)Nc2ccc(F)cc2OC)cc1. The van der Waals surface area contributed by atoms with E-state index < -0.39 is 5.82 Å². The number of hydrogen-bond donors (Lipinski definition) is 1. The molecular weight excluding hydrogens is 319 g/mol. The van der Waals surface area contributed by atoms with Crippen LogP contribution >= 0.6 is 0 Å². The number of nitrogens with zero attached hydrogens (tertiary/aromatic N) is 1. The fourth-order valence-corrected chi connectivity index (χ4v) is 2.61. The first kappa shape index (κ1) is 18.8. The van der Waals surface area contributed by atoms with Crippen molar-refractivity contribution in [1.82, 2.24) is 0 Å². The van der Waals surface area contributed by atoms with Crippen LogP contribution in [0.4, 0.5) is 15.8 Å². The van der Waals surface area contributed by atoms with Crippen molar-refractivity contribution in [2.75, 3.05) is 30.4 Å². The molecule has 0 saturated heterocycles. The smallest absolute Gasteiger partial charge is 0.255 e. The topological polar surface area (TPSA) is 41.6 Å². The number of carbonyl (C=O) groups excluding carboxylic acids is 1. The van der Waals surface area contributed by atoms with E-state index in [4.69, 9.17) is 4.74 Å². The molecule has 0 aliphatic heterocycles. The van der Waals surface area contributed by atoms with Gasteiger partial charge >= 0.3 is 0 Å². The van der Waals surface area contributed by atoms with Gasteiger partial charge in [0.05, 0.1) is 12.8 Å². The highest BCUT2D eigenvalue weighted by Gasteiger charge is 2.11. The summed E-state index contributed by atoms with van der Waals surface area (Å²) in [4.78, 5) is 14.7. The van der Waals surface area contributed by atoms with E-state index in [1.54, 1.807) is 12.1 Å². The highest BCUT2D eigenvalue weighted by molar-refractivity contribution is 6.05. The van der Waals surface area contributed by atoms with Gasteiger partial charge in [-0.25, -0.2) is 4.39 Å². The number of benzene rings is 2. The fraction of sp³-hybridized carbons (Fsp3) is 0.350. The molecule has 1 N–H and O–H groups in total. The van der Waals surface area contributed by atoms with Gasteiger partial charge in [0.1, 0.15) is 11.6 Å². The molecule has 0 saturated carbocycles. The lowest BCUT2D eigenvalue weighted by Gasteiger charge is -2.23. The summed E-state index contributed by atoms with van der Waals surface area (Å²) in [5, 5.41) is 2.76. The Balaban J connectivity index is 2.10. The zero-order valence-corrected chi connectivity index (χ0v) is 15.0. The Morgan fingerprint density at radius 3 is 2.48 bits per heavy atom. The molecule has 134 valence electrons. The van der Waals surface area contributed by atoms with Crippen molar-refractivity contribution in [3.8, 4) is 5.75 Å². The van der Waals surface area contributed by atoms with Crippen LogP contribution in [0.5, 0.6) is 5.75 Å². The first-order valence-corrected chi connectivity index (χ1v) is 8.59. The van der Waals surface area contributed by atoms with Crippen LogP contribution < -0.4 is 15.0 Å². The van der Waals surface area contributed by atoms with E-state index in [1.807, 2.05) is 12.1 Å². The second-order valence-corrected chi connectivity index (χ2v) is 5.78. The summed E-state index contributed by atoms with van der Waals surface area (Å²) in [5.41, 5.74) is 2.09. The van der Waals surface area contributed by atoms with Crippen molar-refractivity contribution in [3.05, 3.63) is 53.8 Å². The van der Waals surface area contributed by atoms with E-state index in [9.17, 15) is 9.18 Å². The molecule has 0 radical (unpaired) electrons. The molecule has 5 heteroatoms. The van der Waals surface area contributed by atoms with Crippen molar-refractivity contribution in [3.63, 3.8) is 0 Å². The Hall–Kier alpha value is -2.56. The van der Waals surface area contributed by atoms with Gasteiger partial charge in [-0.2, -0.15) is 0 Å². The Labute approximate surface area is 148 Å². The highest BCUT2D eigenvalue weighted by Crippen LogP contribution is 2.25. The van der Waals surface area contributed by atoms with Gasteiger partial charge in [0.15, 0.2) is 0 Å². The third kappa shape index (κ3) is 4.95. The Morgan fingerprint density at radius 1 is 1.16 bits per heavy atom. The molecule has 2 rings (SSSR count). The van der Waals surface area contributed by atoms with E-state index in [-0.39, 0.29) is 5.91 Å². The van der Waals surface area contributed by atoms with E-state index >= 15 is 0 Å². The monoisotopic (exact) mass is 344 g/mol. The molecule has 0 aliphatic carbocycles. The number of methoxy groups -OCH3 is 1. The maximum absolute atomic E-state index is 13.2. The van der Waals surface area contributed by atoms with Crippen LogP contribution in [0.2, 0.25) is 0 Å².